The van der Waals surface area contributed by atoms with Crippen molar-refractivity contribution in [1.29, 1.82) is 0 Å². The summed E-state index contributed by atoms with van der Waals surface area (Å²) in [5.41, 5.74) is 10.8. The number of carboxylic acids is 1. The fourth-order valence-corrected chi connectivity index (χ4v) is 1.20. The minimum atomic E-state index is -0.833. The molecule has 0 aromatic rings. The predicted molar refractivity (Wildman–Crippen MR) is 75.6 cm³/mol. The lowest BCUT2D eigenvalue weighted by atomic mass is 10.3. The first-order chi connectivity index (χ1) is 8.65. The highest BCUT2D eigenvalue weighted by Crippen LogP contribution is 1.84. The van der Waals surface area contributed by atoms with E-state index in [1.54, 1.807) is 0 Å². The first-order valence-electron chi connectivity index (χ1n) is 6.66. The van der Waals surface area contributed by atoms with Crippen LogP contribution in [0.15, 0.2) is 0 Å². The molecule has 0 aliphatic heterocycles. The van der Waals surface area contributed by atoms with Gasteiger partial charge in [-0.3, -0.25) is 4.79 Å². The van der Waals surface area contributed by atoms with Crippen molar-refractivity contribution in [2.45, 2.75) is 32.6 Å². The smallest absolute Gasteiger partial charge is 0.300 e. The van der Waals surface area contributed by atoms with Crippen molar-refractivity contribution in [3.63, 3.8) is 0 Å². The lowest BCUT2D eigenvalue weighted by Gasteiger charge is -2.04. The number of rotatable bonds is 11. The van der Waals surface area contributed by atoms with Gasteiger partial charge in [-0.25, -0.2) is 0 Å². The maximum atomic E-state index is 9.00. The molecule has 110 valence electrons. The SMILES string of the molecule is CC(=O)O.NCCCNCCCCNCCCN. The van der Waals surface area contributed by atoms with E-state index in [0.717, 1.165) is 59.0 Å². The summed E-state index contributed by atoms with van der Waals surface area (Å²) in [4.78, 5) is 9.00. The van der Waals surface area contributed by atoms with Crippen molar-refractivity contribution in [3.05, 3.63) is 0 Å². The minimum Gasteiger partial charge on any atom is -0.481 e. The number of aliphatic carboxylic acids is 1. The minimum absolute atomic E-state index is 0.785. The molecule has 0 saturated heterocycles. The molecule has 0 saturated carbocycles. The van der Waals surface area contributed by atoms with E-state index in [9.17, 15) is 0 Å². The van der Waals surface area contributed by atoms with Gasteiger partial charge in [0.1, 0.15) is 0 Å². The molecule has 0 atom stereocenters. The molecule has 0 heterocycles. The standard InChI is InChI=1S/C10H26N4.C2H4O2/c11-5-3-9-13-7-1-2-8-14-10-4-6-12;1-2(3)4/h13-14H,1-12H2;1H3,(H,3,4). The first-order valence-corrected chi connectivity index (χ1v) is 6.66. The van der Waals surface area contributed by atoms with Crippen molar-refractivity contribution in [2.24, 2.45) is 11.5 Å². The molecule has 0 bridgehead atoms. The molecule has 0 spiro atoms. The van der Waals surface area contributed by atoms with Crippen LogP contribution in [0.4, 0.5) is 0 Å². The van der Waals surface area contributed by atoms with Crippen LogP contribution in [0.2, 0.25) is 0 Å². The van der Waals surface area contributed by atoms with Gasteiger partial charge in [-0.1, -0.05) is 0 Å². The maximum Gasteiger partial charge on any atom is 0.300 e. The average Bonchev–Trinajstić information content (AvgIpc) is 2.31. The van der Waals surface area contributed by atoms with Crippen LogP contribution in [-0.4, -0.2) is 50.3 Å². The molecule has 6 heteroatoms. The van der Waals surface area contributed by atoms with Crippen LogP contribution in [0, 0.1) is 0 Å². The van der Waals surface area contributed by atoms with E-state index in [1.807, 2.05) is 0 Å². The van der Waals surface area contributed by atoms with Crippen molar-refractivity contribution in [3.8, 4) is 0 Å². The van der Waals surface area contributed by atoms with Gasteiger partial charge in [-0.2, -0.15) is 0 Å². The second-order valence-corrected chi connectivity index (χ2v) is 4.01. The van der Waals surface area contributed by atoms with E-state index in [4.69, 9.17) is 21.4 Å². The van der Waals surface area contributed by atoms with Crippen LogP contribution >= 0.6 is 0 Å². The lowest BCUT2D eigenvalue weighted by Crippen LogP contribution is -2.22. The molecule has 0 aromatic carbocycles. The Kier molecular flexibility index (Phi) is 20.4. The lowest BCUT2D eigenvalue weighted by molar-refractivity contribution is -0.134. The Hall–Kier alpha value is -0.690. The second-order valence-electron chi connectivity index (χ2n) is 4.01. The van der Waals surface area contributed by atoms with Gasteiger partial charge in [-0.15, -0.1) is 0 Å². The van der Waals surface area contributed by atoms with Gasteiger partial charge >= 0.3 is 0 Å². The number of carboxylic acid groups (broad SMARTS) is 1. The summed E-state index contributed by atoms with van der Waals surface area (Å²) in [6.07, 6.45) is 4.63. The third kappa shape index (κ3) is 29.5. The van der Waals surface area contributed by atoms with Crippen LogP contribution in [0.1, 0.15) is 32.6 Å². The molecule has 0 fully saturated rings. The van der Waals surface area contributed by atoms with Crippen LogP contribution in [0.3, 0.4) is 0 Å². The maximum absolute atomic E-state index is 9.00. The average molecular weight is 262 g/mol. The monoisotopic (exact) mass is 262 g/mol. The number of hydrogen-bond donors (Lipinski definition) is 5. The molecule has 6 nitrogen and oxygen atoms in total. The fourth-order valence-electron chi connectivity index (χ4n) is 1.20. The van der Waals surface area contributed by atoms with E-state index in [1.165, 1.54) is 12.8 Å². The Morgan fingerprint density at radius 1 is 0.889 bits per heavy atom. The summed E-state index contributed by atoms with van der Waals surface area (Å²) in [6, 6.07) is 0. The fraction of sp³-hybridized carbons (Fsp3) is 0.917. The highest BCUT2D eigenvalue weighted by atomic mass is 16.4. The van der Waals surface area contributed by atoms with Crippen LogP contribution in [-0.2, 0) is 4.79 Å². The third-order valence-electron chi connectivity index (χ3n) is 2.07. The number of unbranched alkanes of at least 4 members (excludes halogenated alkanes) is 1. The Labute approximate surface area is 110 Å². The summed E-state index contributed by atoms with van der Waals surface area (Å²) in [6.45, 7) is 6.98. The summed E-state index contributed by atoms with van der Waals surface area (Å²) in [5, 5.41) is 14.1. The zero-order valence-electron chi connectivity index (χ0n) is 11.6. The largest absolute Gasteiger partial charge is 0.481 e. The van der Waals surface area contributed by atoms with E-state index in [-0.39, 0.29) is 0 Å². The Bertz CT molecular complexity index is 152. The predicted octanol–water partition coefficient (Wildman–Crippen LogP) is -0.266. The van der Waals surface area contributed by atoms with Crippen molar-refractivity contribution < 1.29 is 9.90 Å². The molecule has 0 amide bonds. The second kappa shape index (κ2) is 18.7. The van der Waals surface area contributed by atoms with Crippen LogP contribution in [0.25, 0.3) is 0 Å². The van der Waals surface area contributed by atoms with Crippen LogP contribution < -0.4 is 22.1 Å². The van der Waals surface area contributed by atoms with Gasteiger partial charge < -0.3 is 27.2 Å². The molecule has 7 N–H and O–H groups in total. The first kappa shape index (κ1) is 19.6. The summed E-state index contributed by atoms with van der Waals surface area (Å²) >= 11 is 0. The van der Waals surface area contributed by atoms with Gasteiger partial charge in [0.25, 0.3) is 5.97 Å². The number of carbonyl (C=O) groups is 1. The molecule has 18 heavy (non-hydrogen) atoms. The molecule has 0 aromatic heterocycles. The molecular formula is C12H30N4O2. The van der Waals surface area contributed by atoms with Gasteiger partial charge in [0.05, 0.1) is 0 Å². The van der Waals surface area contributed by atoms with Gasteiger partial charge in [0.15, 0.2) is 0 Å². The highest BCUT2D eigenvalue weighted by Gasteiger charge is 1.89. The van der Waals surface area contributed by atoms with Gasteiger partial charge in [-0.05, 0) is 65.0 Å². The van der Waals surface area contributed by atoms with E-state index >= 15 is 0 Å². The third-order valence-corrected chi connectivity index (χ3v) is 2.07. The Balaban J connectivity index is 0. The number of nitrogens with two attached hydrogens (primary N) is 2. The topological polar surface area (TPSA) is 113 Å². The Morgan fingerprint density at radius 3 is 1.44 bits per heavy atom. The van der Waals surface area contributed by atoms with Crippen molar-refractivity contribution in [2.75, 3.05) is 39.3 Å². The zero-order valence-corrected chi connectivity index (χ0v) is 11.6. The molecule has 0 aliphatic rings. The van der Waals surface area contributed by atoms with Crippen molar-refractivity contribution >= 4 is 5.97 Å². The summed E-state index contributed by atoms with van der Waals surface area (Å²) < 4.78 is 0. The molecule has 0 radical (unpaired) electrons. The molecular weight excluding hydrogens is 232 g/mol. The van der Waals surface area contributed by atoms with Crippen LogP contribution in [0.5, 0.6) is 0 Å². The number of nitrogens with one attached hydrogen (secondary N) is 2. The Morgan fingerprint density at radius 2 is 1.17 bits per heavy atom. The van der Waals surface area contributed by atoms with Gasteiger partial charge in [0.2, 0.25) is 0 Å². The van der Waals surface area contributed by atoms with E-state index < -0.39 is 5.97 Å². The highest BCUT2D eigenvalue weighted by molar-refractivity contribution is 5.62. The quantitative estimate of drug-likeness (QED) is 0.328. The van der Waals surface area contributed by atoms with E-state index in [2.05, 4.69) is 10.6 Å². The summed E-state index contributed by atoms with van der Waals surface area (Å²) in [7, 11) is 0. The number of hydrogen-bond acceptors (Lipinski definition) is 5. The zero-order chi connectivity index (χ0) is 14.1. The molecule has 0 unspecified atom stereocenters. The van der Waals surface area contributed by atoms with E-state index in [0.29, 0.717) is 0 Å². The normalized spacial score (nSPS) is 9.72. The van der Waals surface area contributed by atoms with Crippen molar-refractivity contribution in [1.82, 2.24) is 10.6 Å². The van der Waals surface area contributed by atoms with Gasteiger partial charge in [0, 0.05) is 6.92 Å². The molecule has 0 rings (SSSR count). The summed E-state index contributed by atoms with van der Waals surface area (Å²) in [5.74, 6) is -0.833. The molecule has 0 aliphatic carbocycles.